The molecule has 1 saturated heterocycles. The highest BCUT2D eigenvalue weighted by Crippen LogP contribution is 2.25. The van der Waals surface area contributed by atoms with E-state index in [1.54, 1.807) is 25.3 Å². The summed E-state index contributed by atoms with van der Waals surface area (Å²) in [5.41, 5.74) is 0.982. The lowest BCUT2D eigenvalue weighted by molar-refractivity contribution is -0.116. The molecule has 1 aromatic rings. The van der Waals surface area contributed by atoms with Gasteiger partial charge in [-0.15, -0.1) is 0 Å². The second kappa shape index (κ2) is 7.00. The summed E-state index contributed by atoms with van der Waals surface area (Å²) in [6, 6.07) is 5.64. The number of carbonyl (C=O) groups is 2. The van der Waals surface area contributed by atoms with Crippen LogP contribution in [0, 0.1) is 0 Å². The summed E-state index contributed by atoms with van der Waals surface area (Å²) in [6.45, 7) is 0.968. The van der Waals surface area contributed by atoms with Crippen molar-refractivity contribution in [2.45, 2.75) is 44.2 Å². The highest BCUT2D eigenvalue weighted by Gasteiger charge is 2.26. The maximum atomic E-state index is 12.4. The minimum atomic E-state index is -0.166. The molecule has 2 fully saturated rings. The van der Waals surface area contributed by atoms with E-state index in [0.29, 0.717) is 23.4 Å². The van der Waals surface area contributed by atoms with E-state index in [1.807, 2.05) is 0 Å². The van der Waals surface area contributed by atoms with Crippen LogP contribution < -0.4 is 20.7 Å². The lowest BCUT2D eigenvalue weighted by Crippen LogP contribution is -2.29. The lowest BCUT2D eigenvalue weighted by Gasteiger charge is -2.14. The Morgan fingerprint density at radius 3 is 2.78 bits per heavy atom. The van der Waals surface area contributed by atoms with E-state index in [2.05, 4.69) is 16.0 Å². The average Bonchev–Trinajstić information content (AvgIpc) is 3.21. The van der Waals surface area contributed by atoms with Crippen molar-refractivity contribution < 1.29 is 14.3 Å². The quantitative estimate of drug-likeness (QED) is 0.746. The van der Waals surface area contributed by atoms with Gasteiger partial charge in [-0.25, -0.2) is 0 Å². The van der Waals surface area contributed by atoms with E-state index < -0.39 is 0 Å². The maximum Gasteiger partial charge on any atom is 0.253 e. The van der Waals surface area contributed by atoms with E-state index >= 15 is 0 Å². The third-order valence-electron chi connectivity index (χ3n) is 4.25. The van der Waals surface area contributed by atoms with Crippen molar-refractivity contribution in [3.63, 3.8) is 0 Å². The second-order valence-corrected chi connectivity index (χ2v) is 6.20. The number of ether oxygens (including phenoxy) is 1. The Labute approximate surface area is 136 Å². The summed E-state index contributed by atoms with van der Waals surface area (Å²) in [5.74, 6) is 0.358. The van der Waals surface area contributed by atoms with Gasteiger partial charge in [-0.1, -0.05) is 0 Å². The molecule has 2 aliphatic rings. The fourth-order valence-electron chi connectivity index (χ4n) is 2.79. The van der Waals surface area contributed by atoms with Gasteiger partial charge in [0, 0.05) is 18.5 Å². The summed E-state index contributed by atoms with van der Waals surface area (Å²) in [7, 11) is 1.56. The van der Waals surface area contributed by atoms with E-state index in [1.165, 1.54) is 0 Å². The van der Waals surface area contributed by atoms with Crippen LogP contribution in [0.3, 0.4) is 0 Å². The molecule has 0 spiro atoms. The van der Waals surface area contributed by atoms with Crippen molar-refractivity contribution in [3.8, 4) is 5.75 Å². The summed E-state index contributed by atoms with van der Waals surface area (Å²) < 4.78 is 5.19. The molecule has 0 radical (unpaired) electrons. The molecule has 23 heavy (non-hydrogen) atoms. The van der Waals surface area contributed by atoms with E-state index in [0.717, 1.165) is 32.2 Å². The minimum absolute atomic E-state index is 0.0740. The van der Waals surface area contributed by atoms with Gasteiger partial charge in [-0.2, -0.15) is 0 Å². The van der Waals surface area contributed by atoms with Crippen molar-refractivity contribution in [2.75, 3.05) is 19.0 Å². The molecular formula is C17H23N3O3. The Balaban J connectivity index is 1.70. The predicted molar refractivity (Wildman–Crippen MR) is 87.8 cm³/mol. The molecule has 1 aliphatic carbocycles. The molecule has 1 saturated carbocycles. The van der Waals surface area contributed by atoms with Crippen LogP contribution in [0.1, 0.15) is 42.5 Å². The fourth-order valence-corrected chi connectivity index (χ4v) is 2.79. The van der Waals surface area contributed by atoms with Gasteiger partial charge in [0.15, 0.2) is 0 Å². The zero-order chi connectivity index (χ0) is 16.2. The second-order valence-electron chi connectivity index (χ2n) is 6.20. The van der Waals surface area contributed by atoms with Gasteiger partial charge < -0.3 is 20.7 Å². The molecule has 6 heteroatoms. The first-order valence-corrected chi connectivity index (χ1v) is 8.18. The first-order valence-electron chi connectivity index (χ1n) is 8.18. The normalized spacial score (nSPS) is 20.1. The molecule has 6 nitrogen and oxygen atoms in total. The summed E-state index contributed by atoms with van der Waals surface area (Å²) in [6.07, 6.45) is 4.59. The number of hydrogen-bond donors (Lipinski definition) is 3. The zero-order valence-electron chi connectivity index (χ0n) is 13.4. The number of hydrogen-bond acceptors (Lipinski definition) is 4. The first kappa shape index (κ1) is 15.8. The molecule has 0 aromatic heterocycles. The fraction of sp³-hybridized carbons (Fsp3) is 0.529. The Kier molecular flexibility index (Phi) is 4.81. The van der Waals surface area contributed by atoms with Crippen molar-refractivity contribution >= 4 is 17.5 Å². The molecule has 3 N–H and O–H groups in total. The van der Waals surface area contributed by atoms with Crippen LogP contribution in [0.4, 0.5) is 5.69 Å². The number of rotatable bonds is 6. The molecule has 3 rings (SSSR count). The molecule has 1 atom stereocenters. The Morgan fingerprint density at radius 1 is 1.30 bits per heavy atom. The number of nitrogens with one attached hydrogen (secondary N) is 3. The molecule has 1 heterocycles. The van der Waals surface area contributed by atoms with Crippen LogP contribution in [-0.2, 0) is 4.79 Å². The van der Waals surface area contributed by atoms with Gasteiger partial charge in [0.25, 0.3) is 5.91 Å². The standard InChI is InChI=1S/C17H23N3O3/c1-23-13-6-7-15(14(10-13)17(22)19-11-4-5-11)20-16(21)9-12-3-2-8-18-12/h6-7,10-12,18H,2-5,8-9H2,1H3,(H,19,22)(H,20,21). The predicted octanol–water partition coefficient (Wildman–Crippen LogP) is 1.67. The van der Waals surface area contributed by atoms with Gasteiger partial charge >= 0.3 is 0 Å². The molecule has 1 unspecified atom stereocenters. The molecule has 2 amide bonds. The van der Waals surface area contributed by atoms with Gasteiger partial charge in [-0.05, 0) is 50.4 Å². The lowest BCUT2D eigenvalue weighted by atomic mass is 10.1. The molecule has 0 bridgehead atoms. The van der Waals surface area contributed by atoms with Crippen molar-refractivity contribution in [1.29, 1.82) is 0 Å². The Morgan fingerprint density at radius 2 is 2.13 bits per heavy atom. The van der Waals surface area contributed by atoms with Crippen molar-refractivity contribution in [2.24, 2.45) is 0 Å². The highest BCUT2D eigenvalue weighted by atomic mass is 16.5. The van der Waals surface area contributed by atoms with Gasteiger partial charge in [0.2, 0.25) is 5.91 Å². The average molecular weight is 317 g/mol. The van der Waals surface area contributed by atoms with Gasteiger partial charge in [0.1, 0.15) is 5.75 Å². The SMILES string of the molecule is COc1ccc(NC(=O)CC2CCCN2)c(C(=O)NC2CC2)c1. The smallest absolute Gasteiger partial charge is 0.253 e. The van der Waals surface area contributed by atoms with Gasteiger partial charge in [-0.3, -0.25) is 9.59 Å². The first-order chi connectivity index (χ1) is 11.2. The summed E-state index contributed by atoms with van der Waals surface area (Å²) in [4.78, 5) is 24.6. The van der Waals surface area contributed by atoms with Crippen LogP contribution in [0.15, 0.2) is 18.2 Å². The van der Waals surface area contributed by atoms with Crippen molar-refractivity contribution in [1.82, 2.24) is 10.6 Å². The van der Waals surface area contributed by atoms with E-state index in [9.17, 15) is 9.59 Å². The number of anilines is 1. The monoisotopic (exact) mass is 317 g/mol. The van der Waals surface area contributed by atoms with Crippen LogP contribution in [0.5, 0.6) is 5.75 Å². The highest BCUT2D eigenvalue weighted by molar-refractivity contribution is 6.04. The van der Waals surface area contributed by atoms with Crippen LogP contribution >= 0.6 is 0 Å². The zero-order valence-corrected chi connectivity index (χ0v) is 13.4. The number of amides is 2. The van der Waals surface area contributed by atoms with E-state index in [-0.39, 0.29) is 23.9 Å². The van der Waals surface area contributed by atoms with Crippen molar-refractivity contribution in [3.05, 3.63) is 23.8 Å². The largest absolute Gasteiger partial charge is 0.497 e. The number of carbonyl (C=O) groups excluding carboxylic acids is 2. The number of methoxy groups -OCH3 is 1. The minimum Gasteiger partial charge on any atom is -0.497 e. The molecule has 1 aromatic carbocycles. The third kappa shape index (κ3) is 4.22. The van der Waals surface area contributed by atoms with Crippen LogP contribution in [0.2, 0.25) is 0 Å². The van der Waals surface area contributed by atoms with Crippen LogP contribution in [0.25, 0.3) is 0 Å². The molecular weight excluding hydrogens is 294 g/mol. The van der Waals surface area contributed by atoms with Crippen LogP contribution in [-0.4, -0.2) is 37.6 Å². The maximum absolute atomic E-state index is 12.4. The van der Waals surface area contributed by atoms with E-state index in [4.69, 9.17) is 4.74 Å². The summed E-state index contributed by atoms with van der Waals surface area (Å²) >= 11 is 0. The van der Waals surface area contributed by atoms with Gasteiger partial charge in [0.05, 0.1) is 18.4 Å². The number of benzene rings is 1. The Bertz CT molecular complexity index is 593. The molecule has 1 aliphatic heterocycles. The summed E-state index contributed by atoms with van der Waals surface area (Å²) in [5, 5.41) is 9.12. The third-order valence-corrected chi connectivity index (χ3v) is 4.25. The Hall–Kier alpha value is -2.08. The molecule has 124 valence electrons. The topological polar surface area (TPSA) is 79.5 Å².